The Morgan fingerprint density at radius 2 is 2.08 bits per heavy atom. The van der Waals surface area contributed by atoms with Gasteiger partial charge >= 0.3 is 0 Å². The van der Waals surface area contributed by atoms with Crippen LogP contribution in [0.4, 0.5) is 0 Å². The molecule has 1 aromatic heterocycles. The van der Waals surface area contributed by atoms with Crippen LogP contribution in [0.5, 0.6) is 11.5 Å². The van der Waals surface area contributed by atoms with E-state index in [1.165, 1.54) is 17.4 Å². The molecule has 0 unspecified atom stereocenters. The van der Waals surface area contributed by atoms with E-state index in [0.29, 0.717) is 11.3 Å². The molecule has 0 bridgehead atoms. The van der Waals surface area contributed by atoms with Gasteiger partial charge in [-0.1, -0.05) is 0 Å². The van der Waals surface area contributed by atoms with Crippen LogP contribution in [0, 0.1) is 0 Å². The zero-order valence-corrected chi connectivity index (χ0v) is 8.19. The molecule has 2 N–H and O–H groups in total. The van der Waals surface area contributed by atoms with Crippen LogP contribution in [0.1, 0.15) is 4.88 Å². The number of hydrogen-bond acceptors (Lipinski definition) is 3. The summed E-state index contributed by atoms with van der Waals surface area (Å²) >= 11 is 7.17. The molecule has 2 rings (SSSR count). The molecule has 0 saturated heterocycles. The Bertz CT molecular complexity index is 450. The first-order valence-corrected chi connectivity index (χ1v) is 5.07. The van der Waals surface area contributed by atoms with Crippen LogP contribution < -0.4 is 0 Å². The number of thiophene rings is 1. The molecule has 0 radical (unpaired) electrons. The molecule has 0 fully saturated rings. The molecule has 4 heteroatoms. The summed E-state index contributed by atoms with van der Waals surface area (Å²) in [5.41, 5.74) is 0. The molecule has 2 nitrogen and oxygen atoms in total. The van der Waals surface area contributed by atoms with Gasteiger partial charge in [0.15, 0.2) is 11.5 Å². The minimum absolute atomic E-state index is 0.0647. The van der Waals surface area contributed by atoms with Gasteiger partial charge in [-0.05, 0) is 18.2 Å². The van der Waals surface area contributed by atoms with Crippen molar-refractivity contribution in [2.45, 2.75) is 5.88 Å². The molecular formula is C9H7ClO2S. The Labute approximate surface area is 84.0 Å². The summed E-state index contributed by atoms with van der Waals surface area (Å²) in [6.45, 7) is 0. The van der Waals surface area contributed by atoms with Crippen molar-refractivity contribution in [1.29, 1.82) is 0 Å². The summed E-state index contributed by atoms with van der Waals surface area (Å²) in [6.07, 6.45) is 0. The molecule has 68 valence electrons. The Morgan fingerprint density at radius 1 is 1.31 bits per heavy atom. The second-order valence-electron chi connectivity index (χ2n) is 2.69. The smallest absolute Gasteiger partial charge is 0.166 e. The average Bonchev–Trinajstić information content (AvgIpc) is 2.55. The van der Waals surface area contributed by atoms with Crippen molar-refractivity contribution in [1.82, 2.24) is 0 Å². The first-order valence-electron chi connectivity index (χ1n) is 3.71. The molecule has 0 atom stereocenters. The van der Waals surface area contributed by atoms with Crippen LogP contribution in [0.25, 0.3) is 10.1 Å². The average molecular weight is 215 g/mol. The summed E-state index contributed by atoms with van der Waals surface area (Å²) in [6, 6.07) is 5.04. The lowest BCUT2D eigenvalue weighted by Gasteiger charge is -1.96. The quantitative estimate of drug-likeness (QED) is 0.566. The highest BCUT2D eigenvalue weighted by atomic mass is 35.5. The zero-order chi connectivity index (χ0) is 9.42. The fourth-order valence-corrected chi connectivity index (χ4v) is 2.36. The van der Waals surface area contributed by atoms with Gasteiger partial charge in [-0.2, -0.15) is 0 Å². The van der Waals surface area contributed by atoms with Crippen LogP contribution in [0.2, 0.25) is 0 Å². The maximum Gasteiger partial charge on any atom is 0.166 e. The van der Waals surface area contributed by atoms with E-state index in [1.54, 1.807) is 12.1 Å². The minimum atomic E-state index is -0.0913. The lowest BCUT2D eigenvalue weighted by Crippen LogP contribution is -1.68. The summed E-state index contributed by atoms with van der Waals surface area (Å²) in [7, 11) is 0. The number of alkyl halides is 1. The molecule has 0 aliphatic carbocycles. The van der Waals surface area contributed by atoms with Gasteiger partial charge in [0, 0.05) is 15.0 Å². The number of benzene rings is 1. The molecule has 0 aliphatic heterocycles. The van der Waals surface area contributed by atoms with Gasteiger partial charge in [-0.25, -0.2) is 0 Å². The molecule has 0 spiro atoms. The third-order valence-electron chi connectivity index (χ3n) is 1.83. The second kappa shape index (κ2) is 3.09. The van der Waals surface area contributed by atoms with Gasteiger partial charge in [0.05, 0.1) is 5.88 Å². The largest absolute Gasteiger partial charge is 0.504 e. The van der Waals surface area contributed by atoms with Gasteiger partial charge in [0.1, 0.15) is 0 Å². The highest BCUT2D eigenvalue weighted by Crippen LogP contribution is 2.38. The van der Waals surface area contributed by atoms with Gasteiger partial charge in [-0.15, -0.1) is 22.9 Å². The van der Waals surface area contributed by atoms with Crippen molar-refractivity contribution >= 4 is 33.0 Å². The highest BCUT2D eigenvalue weighted by Gasteiger charge is 2.08. The molecule has 0 aliphatic rings. The Kier molecular flexibility index (Phi) is 2.06. The van der Waals surface area contributed by atoms with E-state index in [2.05, 4.69) is 0 Å². The highest BCUT2D eigenvalue weighted by molar-refractivity contribution is 7.19. The predicted octanol–water partition coefficient (Wildman–Crippen LogP) is 3.05. The molecule has 1 aromatic carbocycles. The topological polar surface area (TPSA) is 40.5 Å². The number of fused-ring (bicyclic) bond motifs is 1. The molecular weight excluding hydrogens is 208 g/mol. The Balaban J connectivity index is 2.76. The first-order chi connectivity index (χ1) is 6.22. The Hall–Kier alpha value is -0.930. The second-order valence-corrected chi connectivity index (χ2v) is 4.13. The SMILES string of the molecule is Oc1ccc2sc(CCl)cc2c1O. The number of hydrogen-bond donors (Lipinski definition) is 2. The molecule has 13 heavy (non-hydrogen) atoms. The van der Waals surface area contributed by atoms with Crippen molar-refractivity contribution in [2.75, 3.05) is 0 Å². The van der Waals surface area contributed by atoms with Crippen molar-refractivity contribution < 1.29 is 10.2 Å². The van der Waals surface area contributed by atoms with E-state index >= 15 is 0 Å². The summed E-state index contributed by atoms with van der Waals surface area (Å²) < 4.78 is 0.936. The van der Waals surface area contributed by atoms with E-state index in [1.807, 2.05) is 0 Å². The maximum atomic E-state index is 9.48. The van der Waals surface area contributed by atoms with E-state index < -0.39 is 0 Å². The monoisotopic (exact) mass is 214 g/mol. The third kappa shape index (κ3) is 1.34. The van der Waals surface area contributed by atoms with Crippen LogP contribution in [0.3, 0.4) is 0 Å². The first kappa shape index (κ1) is 8.66. The lowest BCUT2D eigenvalue weighted by molar-refractivity contribution is 0.408. The van der Waals surface area contributed by atoms with Gasteiger partial charge < -0.3 is 10.2 Å². The minimum Gasteiger partial charge on any atom is -0.504 e. The number of rotatable bonds is 1. The van der Waals surface area contributed by atoms with E-state index in [-0.39, 0.29) is 11.5 Å². The predicted molar refractivity (Wildman–Crippen MR) is 54.7 cm³/mol. The van der Waals surface area contributed by atoms with Crippen LogP contribution in [0.15, 0.2) is 18.2 Å². The van der Waals surface area contributed by atoms with Crippen LogP contribution >= 0.6 is 22.9 Å². The molecule has 1 heterocycles. The number of halogens is 1. The van der Waals surface area contributed by atoms with Gasteiger partial charge in [0.25, 0.3) is 0 Å². The van der Waals surface area contributed by atoms with Crippen LogP contribution in [-0.2, 0) is 5.88 Å². The van der Waals surface area contributed by atoms with Crippen molar-refractivity contribution in [3.63, 3.8) is 0 Å². The third-order valence-corrected chi connectivity index (χ3v) is 3.38. The van der Waals surface area contributed by atoms with Crippen molar-refractivity contribution in [3.05, 3.63) is 23.1 Å². The fourth-order valence-electron chi connectivity index (χ4n) is 1.20. The fraction of sp³-hybridized carbons (Fsp3) is 0.111. The summed E-state index contributed by atoms with van der Waals surface area (Å²) in [5.74, 6) is 0.274. The van der Waals surface area contributed by atoms with Gasteiger partial charge in [-0.3, -0.25) is 0 Å². The number of phenols is 2. The van der Waals surface area contributed by atoms with Gasteiger partial charge in [0.2, 0.25) is 0 Å². The Morgan fingerprint density at radius 3 is 2.77 bits per heavy atom. The summed E-state index contributed by atoms with van der Waals surface area (Å²) in [4.78, 5) is 0.984. The normalized spacial score (nSPS) is 10.8. The van der Waals surface area contributed by atoms with Crippen LogP contribution in [-0.4, -0.2) is 10.2 Å². The summed E-state index contributed by atoms with van der Waals surface area (Å²) in [5, 5.41) is 19.4. The van der Waals surface area contributed by atoms with Crippen molar-refractivity contribution in [2.24, 2.45) is 0 Å². The molecule has 2 aromatic rings. The maximum absolute atomic E-state index is 9.48. The van der Waals surface area contributed by atoms with E-state index in [0.717, 1.165) is 9.58 Å². The lowest BCUT2D eigenvalue weighted by atomic mass is 10.2. The number of aromatic hydroxyl groups is 2. The van der Waals surface area contributed by atoms with Crippen molar-refractivity contribution in [3.8, 4) is 11.5 Å². The zero-order valence-electron chi connectivity index (χ0n) is 6.62. The van der Waals surface area contributed by atoms with E-state index in [4.69, 9.17) is 11.6 Å². The number of phenolic OH excluding ortho intramolecular Hbond substituents is 2. The molecule has 0 amide bonds. The molecule has 0 saturated carbocycles. The standard InChI is InChI=1S/C9H7ClO2S/c10-4-5-3-6-8(13-5)2-1-7(11)9(6)12/h1-3,11-12H,4H2. The van der Waals surface area contributed by atoms with E-state index in [9.17, 15) is 10.2 Å².